The number of rotatable bonds is 2. The number of fused-ring (bicyclic) bond motifs is 2. The average Bonchev–Trinajstić information content (AvgIpc) is 2.97. The first-order valence-corrected chi connectivity index (χ1v) is 12.8. The van der Waals surface area contributed by atoms with Gasteiger partial charge in [0.15, 0.2) is 0 Å². The van der Waals surface area contributed by atoms with Crippen LogP contribution in [0.15, 0.2) is 6.07 Å². The fourth-order valence-electron chi connectivity index (χ4n) is 6.69. The Morgan fingerprint density at radius 2 is 1.64 bits per heavy atom. The van der Waals surface area contributed by atoms with Crippen LogP contribution in [0.2, 0.25) is 0 Å². The second-order valence-electron chi connectivity index (χ2n) is 9.35. The van der Waals surface area contributed by atoms with E-state index in [9.17, 15) is 4.79 Å². The maximum atomic E-state index is 13.4. The predicted molar refractivity (Wildman–Crippen MR) is 124 cm³/mol. The Kier molecular flexibility index (Phi) is 4.77. The van der Waals surface area contributed by atoms with Crippen molar-refractivity contribution >= 4 is 50.1 Å². The number of carbonyl (C=O) groups excluding carboxylic acids is 1. The van der Waals surface area contributed by atoms with Gasteiger partial charge in [0.25, 0.3) is 5.91 Å². The van der Waals surface area contributed by atoms with E-state index in [1.807, 2.05) is 6.92 Å². The van der Waals surface area contributed by atoms with Crippen LogP contribution in [-0.4, -0.2) is 16.9 Å². The molecule has 0 radical (unpaired) electrons. The van der Waals surface area contributed by atoms with E-state index in [1.165, 1.54) is 69.8 Å². The summed E-state index contributed by atoms with van der Waals surface area (Å²) in [6.07, 6.45) is 13.4. The predicted octanol–water partition coefficient (Wildman–Crippen LogP) is 6.53. The molecule has 3 aliphatic rings. The van der Waals surface area contributed by atoms with Gasteiger partial charge in [-0.15, -0.1) is 11.3 Å². The van der Waals surface area contributed by atoms with Crippen molar-refractivity contribution in [3.8, 4) is 0 Å². The van der Waals surface area contributed by atoms with Crippen molar-refractivity contribution in [3.63, 3.8) is 0 Å². The van der Waals surface area contributed by atoms with Crippen molar-refractivity contribution in [1.82, 2.24) is 10.3 Å². The van der Waals surface area contributed by atoms with Crippen LogP contribution in [0.1, 0.15) is 85.1 Å². The number of carbonyl (C=O) groups is 1. The van der Waals surface area contributed by atoms with Gasteiger partial charge in [-0.1, -0.05) is 38.5 Å². The Balaban J connectivity index is 1.46. The van der Waals surface area contributed by atoms with Crippen LogP contribution >= 0.6 is 33.9 Å². The molecule has 3 nitrogen and oxygen atoms in total. The Hall–Kier alpha value is -0.690. The van der Waals surface area contributed by atoms with Gasteiger partial charge in [0.1, 0.15) is 9.71 Å². The first-order chi connectivity index (χ1) is 13.5. The zero-order chi connectivity index (χ0) is 19.5. The summed E-state index contributed by atoms with van der Waals surface area (Å²) in [4.78, 5) is 20.0. The molecule has 1 amide bonds. The summed E-state index contributed by atoms with van der Waals surface area (Å²) in [5.41, 5.74) is 3.04. The lowest BCUT2D eigenvalue weighted by molar-refractivity contribution is 0.0942. The van der Waals surface area contributed by atoms with Crippen LogP contribution in [0.25, 0.3) is 10.2 Å². The van der Waals surface area contributed by atoms with Gasteiger partial charge in [0.05, 0.1) is 0 Å². The van der Waals surface area contributed by atoms with Crippen LogP contribution < -0.4 is 5.32 Å². The van der Waals surface area contributed by atoms with E-state index >= 15 is 0 Å². The summed E-state index contributed by atoms with van der Waals surface area (Å²) in [6, 6.07) is 2.51. The van der Waals surface area contributed by atoms with E-state index in [1.54, 1.807) is 11.3 Å². The van der Waals surface area contributed by atoms with Crippen LogP contribution in [0.5, 0.6) is 0 Å². The van der Waals surface area contributed by atoms with Crippen LogP contribution in [-0.2, 0) is 0 Å². The lowest BCUT2D eigenvalue weighted by Gasteiger charge is -2.31. The molecule has 3 fully saturated rings. The maximum Gasteiger partial charge on any atom is 0.262 e. The molecule has 0 unspecified atom stereocenters. The second kappa shape index (κ2) is 6.93. The summed E-state index contributed by atoms with van der Waals surface area (Å²) in [5, 5.41) is 4.73. The number of aromatic nitrogens is 1. The van der Waals surface area contributed by atoms with E-state index in [4.69, 9.17) is 4.98 Å². The number of nitrogens with one attached hydrogen (secondary N) is 1. The molecule has 1 N–H and O–H groups in total. The molecule has 28 heavy (non-hydrogen) atoms. The molecule has 0 saturated heterocycles. The Morgan fingerprint density at radius 1 is 1.07 bits per heavy atom. The summed E-state index contributed by atoms with van der Waals surface area (Å²) in [7, 11) is 0. The smallest absolute Gasteiger partial charge is 0.262 e. The average molecular weight is 508 g/mol. The molecule has 2 aromatic rings. The van der Waals surface area contributed by atoms with Gasteiger partial charge >= 0.3 is 0 Å². The molecule has 2 heterocycles. The van der Waals surface area contributed by atoms with Crippen molar-refractivity contribution in [2.24, 2.45) is 10.8 Å². The summed E-state index contributed by atoms with van der Waals surface area (Å²) >= 11 is 3.92. The quantitative estimate of drug-likeness (QED) is 0.469. The third-order valence-corrected chi connectivity index (χ3v) is 10.4. The second-order valence-corrected chi connectivity index (χ2v) is 11.4. The molecule has 3 saturated carbocycles. The third kappa shape index (κ3) is 2.71. The minimum Gasteiger partial charge on any atom is -0.347 e. The minimum absolute atomic E-state index is 0.141. The van der Waals surface area contributed by atoms with E-state index in [2.05, 4.69) is 40.9 Å². The molecule has 5 heteroatoms. The number of nitrogens with zero attached hydrogens (tertiary/aromatic N) is 1. The fraction of sp³-hybridized carbons (Fsp3) is 0.652. The Morgan fingerprint density at radius 3 is 2.21 bits per heavy atom. The monoisotopic (exact) mass is 508 g/mol. The van der Waals surface area contributed by atoms with Crippen LogP contribution in [0.3, 0.4) is 0 Å². The zero-order valence-electron chi connectivity index (χ0n) is 16.9. The van der Waals surface area contributed by atoms with Crippen molar-refractivity contribution in [2.45, 2.75) is 84.1 Å². The molecule has 0 bridgehead atoms. The molecule has 0 aromatic carbocycles. The first kappa shape index (κ1) is 19.3. The molecule has 5 rings (SSSR count). The normalized spacial score (nSPS) is 23.4. The van der Waals surface area contributed by atoms with Crippen LogP contribution in [0.4, 0.5) is 0 Å². The molecule has 0 atom stereocenters. The number of amides is 1. The van der Waals surface area contributed by atoms with Gasteiger partial charge in [-0.2, -0.15) is 0 Å². The van der Waals surface area contributed by atoms with Gasteiger partial charge in [0, 0.05) is 20.7 Å². The highest BCUT2D eigenvalue weighted by Crippen LogP contribution is 2.75. The van der Waals surface area contributed by atoms with Gasteiger partial charge in [-0.05, 0) is 84.6 Å². The summed E-state index contributed by atoms with van der Waals surface area (Å²) in [5.74, 6) is 0.141. The highest BCUT2D eigenvalue weighted by molar-refractivity contribution is 14.1. The Bertz CT molecular complexity index is 914. The SMILES string of the molecule is Cc1cc(C)c2c(I)c(C(=O)NC3C4(CCCCC4)C34CCCCC4)sc2n1. The van der Waals surface area contributed by atoms with Gasteiger partial charge in [-0.25, -0.2) is 4.98 Å². The lowest BCUT2D eigenvalue weighted by Crippen LogP contribution is -2.31. The molecule has 2 spiro atoms. The van der Waals surface area contributed by atoms with Gasteiger partial charge in [0.2, 0.25) is 0 Å². The number of hydrogen-bond acceptors (Lipinski definition) is 3. The molecular formula is C23H29IN2OS. The number of pyridine rings is 1. The van der Waals surface area contributed by atoms with E-state index < -0.39 is 0 Å². The van der Waals surface area contributed by atoms with Crippen molar-refractivity contribution in [3.05, 3.63) is 25.8 Å². The number of thiophene rings is 1. The highest BCUT2D eigenvalue weighted by atomic mass is 127. The molecule has 150 valence electrons. The molecular weight excluding hydrogens is 479 g/mol. The number of hydrogen-bond donors (Lipinski definition) is 1. The van der Waals surface area contributed by atoms with Crippen LogP contribution in [0, 0.1) is 28.2 Å². The molecule has 2 aromatic heterocycles. The fourth-order valence-corrected chi connectivity index (χ4v) is 9.22. The number of halogens is 1. The zero-order valence-corrected chi connectivity index (χ0v) is 19.8. The van der Waals surface area contributed by atoms with Gasteiger partial charge in [-0.3, -0.25) is 4.79 Å². The largest absolute Gasteiger partial charge is 0.347 e. The minimum atomic E-state index is 0.141. The first-order valence-electron chi connectivity index (χ1n) is 10.9. The molecule has 3 aliphatic carbocycles. The maximum absolute atomic E-state index is 13.4. The highest BCUT2D eigenvalue weighted by Gasteiger charge is 2.75. The van der Waals surface area contributed by atoms with Crippen molar-refractivity contribution in [1.29, 1.82) is 0 Å². The van der Waals surface area contributed by atoms with Crippen molar-refractivity contribution in [2.75, 3.05) is 0 Å². The number of aryl methyl sites for hydroxylation is 2. The third-order valence-electron chi connectivity index (χ3n) is 7.92. The standard InChI is InChI=1S/C23H29IN2OS/c1-14-13-15(2)25-20-16(14)17(24)18(28-20)19(27)26-21-22(9-5-3-6-10-22)23(21)11-7-4-8-12-23/h13,21H,3-12H2,1-2H3,(H,26,27). The van der Waals surface area contributed by atoms with Gasteiger partial charge < -0.3 is 5.32 Å². The van der Waals surface area contributed by atoms with E-state index in [-0.39, 0.29) is 5.91 Å². The van der Waals surface area contributed by atoms with E-state index in [0.717, 1.165) is 24.4 Å². The topological polar surface area (TPSA) is 42.0 Å². The van der Waals surface area contributed by atoms with E-state index in [0.29, 0.717) is 16.9 Å². The van der Waals surface area contributed by atoms with Crippen molar-refractivity contribution < 1.29 is 4.79 Å². The molecule has 0 aliphatic heterocycles. The Labute approximate surface area is 185 Å². The lowest BCUT2D eigenvalue weighted by atomic mass is 9.73. The summed E-state index contributed by atoms with van der Waals surface area (Å²) in [6.45, 7) is 4.16. The summed E-state index contributed by atoms with van der Waals surface area (Å²) < 4.78 is 1.08.